The third kappa shape index (κ3) is 4.16. The molecule has 3 heterocycles. The average Bonchev–Trinajstić information content (AvgIpc) is 3.42. The number of benzene rings is 1. The minimum absolute atomic E-state index is 0.0708. The number of amides is 1. The minimum atomic E-state index is -0.210. The normalized spacial score (nSPS) is 13.6. The van der Waals surface area contributed by atoms with Gasteiger partial charge in [-0.1, -0.05) is 29.3 Å². The summed E-state index contributed by atoms with van der Waals surface area (Å²) >= 11 is 12.2. The van der Waals surface area contributed by atoms with E-state index in [0.717, 1.165) is 22.3 Å². The van der Waals surface area contributed by atoms with Crippen LogP contribution >= 0.6 is 23.2 Å². The Balaban J connectivity index is 1.29. The van der Waals surface area contributed by atoms with Crippen LogP contribution in [0.25, 0.3) is 11.0 Å². The number of pyridine rings is 1. The van der Waals surface area contributed by atoms with Gasteiger partial charge in [0.1, 0.15) is 6.54 Å². The second-order valence-corrected chi connectivity index (χ2v) is 8.64. The van der Waals surface area contributed by atoms with E-state index in [1.165, 1.54) is 18.4 Å². The van der Waals surface area contributed by atoms with Crippen LogP contribution < -0.4 is 5.32 Å². The highest BCUT2D eigenvalue weighted by molar-refractivity contribution is 6.35. The number of aryl methyl sites for hydroxylation is 1. The van der Waals surface area contributed by atoms with Crippen LogP contribution in [0.5, 0.6) is 0 Å². The SMILES string of the molecule is Cc1nn(CC(=O)Nc2ccn(Cc3ccc(Cl)cc3Cl)n2)c2nccc(C3CC3)c12. The second-order valence-electron chi connectivity index (χ2n) is 7.80. The van der Waals surface area contributed by atoms with Gasteiger partial charge in [0.05, 0.1) is 12.2 Å². The predicted octanol–water partition coefficient (Wildman–Crippen LogP) is 4.81. The van der Waals surface area contributed by atoms with Gasteiger partial charge in [-0.25, -0.2) is 9.67 Å². The van der Waals surface area contributed by atoms with Crippen LogP contribution in [0.2, 0.25) is 10.0 Å². The highest BCUT2D eigenvalue weighted by Crippen LogP contribution is 2.43. The minimum Gasteiger partial charge on any atom is -0.308 e. The van der Waals surface area contributed by atoms with Gasteiger partial charge in [-0.2, -0.15) is 10.2 Å². The van der Waals surface area contributed by atoms with Crippen LogP contribution in [0.4, 0.5) is 5.82 Å². The maximum atomic E-state index is 12.6. The predicted molar refractivity (Wildman–Crippen MR) is 121 cm³/mol. The second kappa shape index (κ2) is 7.98. The maximum Gasteiger partial charge on any atom is 0.247 e. The molecule has 0 atom stereocenters. The Hall–Kier alpha value is -2.90. The summed E-state index contributed by atoms with van der Waals surface area (Å²) in [6.45, 7) is 2.51. The fourth-order valence-electron chi connectivity index (χ4n) is 3.81. The molecule has 0 saturated heterocycles. The van der Waals surface area contributed by atoms with Gasteiger partial charge in [-0.05, 0) is 55.0 Å². The summed E-state index contributed by atoms with van der Waals surface area (Å²) < 4.78 is 3.37. The lowest BCUT2D eigenvalue weighted by Crippen LogP contribution is -2.20. The molecule has 1 saturated carbocycles. The van der Waals surface area contributed by atoms with Crippen LogP contribution in [0, 0.1) is 6.92 Å². The number of carbonyl (C=O) groups is 1. The zero-order valence-electron chi connectivity index (χ0n) is 16.8. The molecule has 31 heavy (non-hydrogen) atoms. The van der Waals surface area contributed by atoms with Crippen molar-refractivity contribution in [3.8, 4) is 0 Å². The Morgan fingerprint density at radius 3 is 2.81 bits per heavy atom. The molecule has 0 unspecified atom stereocenters. The number of rotatable bonds is 6. The maximum absolute atomic E-state index is 12.6. The first-order chi connectivity index (χ1) is 15.0. The van der Waals surface area contributed by atoms with Gasteiger partial charge in [-0.15, -0.1) is 0 Å². The summed E-state index contributed by atoms with van der Waals surface area (Å²) in [5, 5.41) is 14.0. The molecule has 158 valence electrons. The molecular weight excluding hydrogens is 435 g/mol. The molecule has 1 aliphatic rings. The first-order valence-electron chi connectivity index (χ1n) is 10.1. The van der Waals surface area contributed by atoms with E-state index in [2.05, 4.69) is 26.6 Å². The Morgan fingerprint density at radius 1 is 1.19 bits per heavy atom. The van der Waals surface area contributed by atoms with Gasteiger partial charge in [0.2, 0.25) is 5.91 Å². The lowest BCUT2D eigenvalue weighted by Gasteiger charge is -2.06. The largest absolute Gasteiger partial charge is 0.308 e. The summed E-state index contributed by atoms with van der Waals surface area (Å²) in [7, 11) is 0. The van der Waals surface area contributed by atoms with Crippen molar-refractivity contribution >= 4 is 46.0 Å². The number of hydrogen-bond donors (Lipinski definition) is 1. The molecule has 9 heteroatoms. The molecule has 4 aromatic rings. The van der Waals surface area contributed by atoms with E-state index >= 15 is 0 Å². The summed E-state index contributed by atoms with van der Waals surface area (Å²) in [4.78, 5) is 17.1. The van der Waals surface area contributed by atoms with Crippen LogP contribution in [-0.4, -0.2) is 30.5 Å². The molecule has 0 bridgehead atoms. The number of anilines is 1. The van der Waals surface area contributed by atoms with Gasteiger partial charge in [0, 0.05) is 33.9 Å². The van der Waals surface area contributed by atoms with Crippen LogP contribution in [0.3, 0.4) is 0 Å². The van der Waals surface area contributed by atoms with Crippen molar-refractivity contribution < 1.29 is 4.79 Å². The standard InChI is InChI=1S/C22H20Cl2N6O/c1-13-21-17(14-2-3-14)6-8-25-22(21)30(27-13)12-20(31)26-19-7-9-29(28-19)11-15-4-5-16(23)10-18(15)24/h4-10,14H,2-3,11-12H2,1H3,(H,26,28,31). The Kier molecular flexibility index (Phi) is 5.16. The van der Waals surface area contributed by atoms with Gasteiger partial charge in [0.25, 0.3) is 0 Å². The quantitative estimate of drug-likeness (QED) is 0.453. The Morgan fingerprint density at radius 2 is 2.03 bits per heavy atom. The topological polar surface area (TPSA) is 77.6 Å². The molecule has 0 radical (unpaired) electrons. The van der Waals surface area contributed by atoms with Crippen molar-refractivity contribution in [2.24, 2.45) is 0 Å². The molecule has 1 N–H and O–H groups in total. The summed E-state index contributed by atoms with van der Waals surface area (Å²) in [6.07, 6.45) is 5.99. The summed E-state index contributed by atoms with van der Waals surface area (Å²) in [5.41, 5.74) is 3.83. The highest BCUT2D eigenvalue weighted by Gasteiger charge is 2.27. The number of hydrogen-bond acceptors (Lipinski definition) is 4. The Bertz CT molecular complexity index is 1290. The first kappa shape index (κ1) is 20.0. The lowest BCUT2D eigenvalue weighted by molar-refractivity contribution is -0.116. The van der Waals surface area contributed by atoms with E-state index in [-0.39, 0.29) is 12.5 Å². The van der Waals surface area contributed by atoms with Gasteiger partial charge in [-0.3, -0.25) is 9.48 Å². The smallest absolute Gasteiger partial charge is 0.247 e. The van der Waals surface area contributed by atoms with E-state index in [9.17, 15) is 4.79 Å². The monoisotopic (exact) mass is 454 g/mol. The first-order valence-corrected chi connectivity index (χ1v) is 10.8. The van der Waals surface area contributed by atoms with Gasteiger partial charge >= 0.3 is 0 Å². The fourth-order valence-corrected chi connectivity index (χ4v) is 4.28. The number of aromatic nitrogens is 5. The van der Waals surface area contributed by atoms with Crippen molar-refractivity contribution in [2.45, 2.75) is 38.8 Å². The summed E-state index contributed by atoms with van der Waals surface area (Å²) in [6, 6.07) is 9.16. The third-order valence-corrected chi connectivity index (χ3v) is 5.99. The average molecular weight is 455 g/mol. The molecule has 3 aromatic heterocycles. The number of nitrogens with one attached hydrogen (secondary N) is 1. The van der Waals surface area contributed by atoms with Crippen molar-refractivity contribution in [3.05, 3.63) is 69.6 Å². The molecule has 1 aromatic carbocycles. The molecule has 7 nitrogen and oxygen atoms in total. The van der Waals surface area contributed by atoms with E-state index in [4.69, 9.17) is 23.2 Å². The molecule has 1 fully saturated rings. The molecule has 0 aliphatic heterocycles. The third-order valence-electron chi connectivity index (χ3n) is 5.41. The van der Waals surface area contributed by atoms with Crippen LogP contribution in [0.1, 0.15) is 35.6 Å². The van der Waals surface area contributed by atoms with Crippen molar-refractivity contribution in [2.75, 3.05) is 5.32 Å². The molecule has 0 spiro atoms. The molecule has 1 amide bonds. The highest BCUT2D eigenvalue weighted by atomic mass is 35.5. The van der Waals surface area contributed by atoms with E-state index in [1.807, 2.05) is 13.0 Å². The molecule has 1 aliphatic carbocycles. The molecule has 5 rings (SSSR count). The van der Waals surface area contributed by atoms with Gasteiger partial charge < -0.3 is 5.32 Å². The zero-order valence-corrected chi connectivity index (χ0v) is 18.4. The molecular formula is C22H20Cl2N6O. The number of carbonyl (C=O) groups excluding carboxylic acids is 1. The number of fused-ring (bicyclic) bond motifs is 1. The fraction of sp³-hybridized carbons (Fsp3) is 0.273. The van der Waals surface area contributed by atoms with Crippen molar-refractivity contribution in [1.29, 1.82) is 0 Å². The van der Waals surface area contributed by atoms with Crippen LogP contribution in [0.15, 0.2) is 42.7 Å². The zero-order chi connectivity index (χ0) is 21.5. The van der Waals surface area contributed by atoms with E-state index < -0.39 is 0 Å². The van der Waals surface area contributed by atoms with Gasteiger partial charge in [0.15, 0.2) is 11.5 Å². The van der Waals surface area contributed by atoms with Crippen LogP contribution in [-0.2, 0) is 17.9 Å². The van der Waals surface area contributed by atoms with E-state index in [1.54, 1.807) is 40.0 Å². The summed E-state index contributed by atoms with van der Waals surface area (Å²) in [5.74, 6) is 0.849. The van der Waals surface area contributed by atoms with Crippen molar-refractivity contribution in [3.63, 3.8) is 0 Å². The van der Waals surface area contributed by atoms with E-state index in [0.29, 0.717) is 28.3 Å². The van der Waals surface area contributed by atoms with Crippen molar-refractivity contribution in [1.82, 2.24) is 24.5 Å². The lowest BCUT2D eigenvalue weighted by atomic mass is 10.1. The number of nitrogens with zero attached hydrogens (tertiary/aromatic N) is 5. The number of halogens is 2. The Labute approximate surface area is 189 Å².